The minimum Gasteiger partial charge on any atom is -0.339 e. The van der Waals surface area contributed by atoms with Gasteiger partial charge in [0.25, 0.3) is 5.91 Å². The van der Waals surface area contributed by atoms with E-state index in [9.17, 15) is 4.79 Å². The second kappa shape index (κ2) is 8.81. The van der Waals surface area contributed by atoms with E-state index in [0.29, 0.717) is 18.0 Å². The lowest BCUT2D eigenvalue weighted by Crippen LogP contribution is -2.39. The molecule has 1 aromatic heterocycles. The summed E-state index contributed by atoms with van der Waals surface area (Å²) < 4.78 is 0. The van der Waals surface area contributed by atoms with Gasteiger partial charge in [0.2, 0.25) is 0 Å². The third kappa shape index (κ3) is 4.56. The van der Waals surface area contributed by atoms with Crippen LogP contribution in [0.3, 0.4) is 0 Å². The highest BCUT2D eigenvalue weighted by Crippen LogP contribution is 2.22. The molecule has 0 aliphatic carbocycles. The van der Waals surface area contributed by atoms with Crippen LogP contribution >= 0.6 is 12.4 Å². The number of hydrogen-bond acceptors (Lipinski definition) is 3. The molecule has 1 saturated heterocycles. The Kier molecular flexibility index (Phi) is 6.76. The number of halogens is 1. The Balaban J connectivity index is 0.00000208. The van der Waals surface area contributed by atoms with Crippen molar-refractivity contribution in [2.24, 2.45) is 11.7 Å². The number of pyridine rings is 1. The smallest absolute Gasteiger partial charge is 0.253 e. The van der Waals surface area contributed by atoms with E-state index >= 15 is 0 Å². The third-order valence-electron chi connectivity index (χ3n) is 4.54. The predicted octanol–water partition coefficient (Wildman–Crippen LogP) is 3.06. The molecule has 1 aromatic carbocycles. The summed E-state index contributed by atoms with van der Waals surface area (Å²) >= 11 is 0. The zero-order chi connectivity index (χ0) is 16.1. The summed E-state index contributed by atoms with van der Waals surface area (Å²) in [5.41, 5.74) is 8.44. The van der Waals surface area contributed by atoms with Crippen LogP contribution in [0.25, 0.3) is 0 Å². The molecule has 0 bridgehead atoms. The highest BCUT2D eigenvalue weighted by atomic mass is 35.5. The minimum atomic E-state index is 0. The molecule has 24 heavy (non-hydrogen) atoms. The number of rotatable bonds is 4. The molecule has 1 aliphatic heterocycles. The molecule has 1 fully saturated rings. The fourth-order valence-electron chi connectivity index (χ4n) is 3.19. The molecule has 1 amide bonds. The molecule has 0 atom stereocenters. The average Bonchev–Trinajstić information content (AvgIpc) is 2.63. The number of benzene rings is 1. The van der Waals surface area contributed by atoms with Crippen LogP contribution in [-0.2, 0) is 13.0 Å². The average molecular weight is 346 g/mol. The number of carbonyl (C=O) groups is 1. The molecule has 0 unspecified atom stereocenters. The lowest BCUT2D eigenvalue weighted by Gasteiger charge is -2.32. The van der Waals surface area contributed by atoms with Crippen LogP contribution in [0.5, 0.6) is 0 Å². The predicted molar refractivity (Wildman–Crippen MR) is 98.1 cm³/mol. The molecule has 2 aromatic rings. The number of carbonyl (C=O) groups excluding carboxylic acids is 1. The largest absolute Gasteiger partial charge is 0.339 e. The topological polar surface area (TPSA) is 59.2 Å². The van der Waals surface area contributed by atoms with Gasteiger partial charge in [0.05, 0.1) is 5.69 Å². The van der Waals surface area contributed by atoms with Crippen LogP contribution < -0.4 is 5.73 Å². The lowest BCUT2D eigenvalue weighted by molar-refractivity contribution is 0.0690. The Morgan fingerprint density at radius 2 is 1.88 bits per heavy atom. The van der Waals surface area contributed by atoms with Gasteiger partial charge in [-0.05, 0) is 42.9 Å². The first kappa shape index (κ1) is 18.4. The van der Waals surface area contributed by atoms with Crippen molar-refractivity contribution in [3.63, 3.8) is 0 Å². The summed E-state index contributed by atoms with van der Waals surface area (Å²) in [5.74, 6) is 0.763. The first-order valence-electron chi connectivity index (χ1n) is 8.24. The van der Waals surface area contributed by atoms with E-state index in [1.165, 1.54) is 5.56 Å². The van der Waals surface area contributed by atoms with E-state index in [1.807, 2.05) is 4.90 Å². The first-order valence-corrected chi connectivity index (χ1v) is 8.24. The summed E-state index contributed by atoms with van der Waals surface area (Å²) in [5, 5.41) is 0. The summed E-state index contributed by atoms with van der Waals surface area (Å²) in [6, 6.07) is 14.2. The zero-order valence-electron chi connectivity index (χ0n) is 13.7. The fourth-order valence-corrected chi connectivity index (χ4v) is 3.19. The molecule has 5 heteroatoms. The zero-order valence-corrected chi connectivity index (χ0v) is 14.5. The molecule has 128 valence electrons. The third-order valence-corrected chi connectivity index (χ3v) is 4.54. The molecule has 4 nitrogen and oxygen atoms in total. The van der Waals surface area contributed by atoms with E-state index in [4.69, 9.17) is 5.73 Å². The Morgan fingerprint density at radius 1 is 1.17 bits per heavy atom. The Bertz CT molecular complexity index is 655. The van der Waals surface area contributed by atoms with E-state index in [-0.39, 0.29) is 18.3 Å². The number of piperidine rings is 1. The van der Waals surface area contributed by atoms with E-state index in [0.717, 1.165) is 38.0 Å². The molecule has 3 rings (SSSR count). The van der Waals surface area contributed by atoms with Crippen LogP contribution in [0, 0.1) is 5.92 Å². The maximum absolute atomic E-state index is 12.6. The standard InChI is InChI=1S/C19H23N3O.ClH/c20-14-18-13-17(6-9-21-18)19(23)22-10-7-16(8-11-22)12-15-4-2-1-3-5-15;/h1-6,9,13,16H,7-8,10-12,14,20H2;1H. The van der Waals surface area contributed by atoms with Gasteiger partial charge < -0.3 is 10.6 Å². The number of nitrogens with two attached hydrogens (primary N) is 1. The number of likely N-dealkylation sites (tertiary alicyclic amines) is 1. The first-order chi connectivity index (χ1) is 11.3. The van der Waals surface area contributed by atoms with E-state index < -0.39 is 0 Å². The van der Waals surface area contributed by atoms with Gasteiger partial charge in [0.15, 0.2) is 0 Å². The van der Waals surface area contributed by atoms with E-state index in [2.05, 4.69) is 35.3 Å². The van der Waals surface area contributed by atoms with E-state index in [1.54, 1.807) is 18.3 Å². The van der Waals surface area contributed by atoms with Crippen molar-refractivity contribution in [2.45, 2.75) is 25.8 Å². The summed E-state index contributed by atoms with van der Waals surface area (Å²) in [6.45, 7) is 2.02. The number of amides is 1. The van der Waals surface area contributed by atoms with Gasteiger partial charge in [0.1, 0.15) is 0 Å². The Hall–Kier alpha value is -1.91. The van der Waals surface area contributed by atoms with Crippen molar-refractivity contribution in [3.05, 3.63) is 65.5 Å². The van der Waals surface area contributed by atoms with Gasteiger partial charge in [-0.2, -0.15) is 0 Å². The number of aromatic nitrogens is 1. The van der Waals surface area contributed by atoms with Crippen molar-refractivity contribution in [3.8, 4) is 0 Å². The molecular formula is C19H24ClN3O. The van der Waals surface area contributed by atoms with Gasteiger partial charge in [-0.1, -0.05) is 30.3 Å². The van der Waals surface area contributed by atoms with Crippen LogP contribution in [0.15, 0.2) is 48.7 Å². The van der Waals surface area contributed by atoms with Crippen LogP contribution in [0.1, 0.15) is 34.5 Å². The quantitative estimate of drug-likeness (QED) is 0.926. The van der Waals surface area contributed by atoms with Crippen molar-refractivity contribution in [2.75, 3.05) is 13.1 Å². The fraction of sp³-hybridized carbons (Fsp3) is 0.368. The number of nitrogens with zero attached hydrogens (tertiary/aromatic N) is 2. The second-order valence-electron chi connectivity index (χ2n) is 6.17. The van der Waals surface area contributed by atoms with Gasteiger partial charge in [0, 0.05) is 31.4 Å². The SMILES string of the molecule is Cl.NCc1cc(C(=O)N2CCC(Cc3ccccc3)CC2)ccn1. The van der Waals surface area contributed by atoms with Crippen molar-refractivity contribution in [1.82, 2.24) is 9.88 Å². The monoisotopic (exact) mass is 345 g/mol. The van der Waals surface area contributed by atoms with Crippen molar-refractivity contribution < 1.29 is 4.79 Å². The van der Waals surface area contributed by atoms with Crippen molar-refractivity contribution >= 4 is 18.3 Å². The summed E-state index contributed by atoms with van der Waals surface area (Å²) in [4.78, 5) is 18.7. The van der Waals surface area contributed by atoms with Crippen LogP contribution in [0.2, 0.25) is 0 Å². The van der Waals surface area contributed by atoms with Gasteiger partial charge in [-0.15, -0.1) is 12.4 Å². The molecular weight excluding hydrogens is 322 g/mol. The van der Waals surface area contributed by atoms with Crippen LogP contribution in [-0.4, -0.2) is 28.9 Å². The Morgan fingerprint density at radius 3 is 2.54 bits per heavy atom. The van der Waals surface area contributed by atoms with Gasteiger partial charge in [-0.3, -0.25) is 9.78 Å². The molecule has 2 heterocycles. The summed E-state index contributed by atoms with van der Waals surface area (Å²) in [6.07, 6.45) is 4.90. The molecule has 0 spiro atoms. The van der Waals surface area contributed by atoms with Crippen molar-refractivity contribution in [1.29, 1.82) is 0 Å². The number of hydrogen-bond donors (Lipinski definition) is 1. The van der Waals surface area contributed by atoms with Crippen LogP contribution in [0.4, 0.5) is 0 Å². The lowest BCUT2D eigenvalue weighted by atomic mass is 9.90. The normalized spacial score (nSPS) is 15.0. The molecule has 0 radical (unpaired) electrons. The highest BCUT2D eigenvalue weighted by molar-refractivity contribution is 5.94. The molecule has 0 saturated carbocycles. The Labute approximate surface area is 149 Å². The van der Waals surface area contributed by atoms with Gasteiger partial charge in [-0.25, -0.2) is 0 Å². The molecule has 1 aliphatic rings. The second-order valence-corrected chi connectivity index (χ2v) is 6.17. The maximum atomic E-state index is 12.6. The minimum absolute atomic E-state index is 0. The molecule has 2 N–H and O–H groups in total. The maximum Gasteiger partial charge on any atom is 0.253 e. The summed E-state index contributed by atoms with van der Waals surface area (Å²) in [7, 11) is 0. The highest BCUT2D eigenvalue weighted by Gasteiger charge is 2.23. The van der Waals surface area contributed by atoms with Gasteiger partial charge >= 0.3 is 0 Å².